The zero-order chi connectivity index (χ0) is 16.4. The van der Waals surface area contributed by atoms with Crippen molar-refractivity contribution >= 4 is 38.9 Å². The number of aryl methyl sites for hydroxylation is 1. The van der Waals surface area contributed by atoms with Crippen LogP contribution in [-0.4, -0.2) is 20.6 Å². The number of carboxylic acids is 1. The van der Waals surface area contributed by atoms with Gasteiger partial charge in [-0.3, -0.25) is 14.2 Å². The SMILES string of the molecule is CCCc1nc2scc(-c3cccs3)c2c(=O)n1CCC(=O)O. The van der Waals surface area contributed by atoms with Gasteiger partial charge in [-0.25, -0.2) is 4.98 Å². The molecule has 0 spiro atoms. The molecule has 5 nitrogen and oxygen atoms in total. The van der Waals surface area contributed by atoms with Gasteiger partial charge in [0.15, 0.2) is 0 Å². The normalized spacial score (nSPS) is 11.2. The van der Waals surface area contributed by atoms with Gasteiger partial charge in [-0.1, -0.05) is 13.0 Å². The second-order valence-corrected chi connectivity index (χ2v) is 6.99. The standard InChI is InChI=1S/C16H16N2O3S2/c1-2-4-12-17-15-14(16(21)18(12)7-6-13(19)20)10(9-23-15)11-5-3-8-22-11/h3,5,8-9H,2,4,6-7H2,1H3,(H,19,20). The van der Waals surface area contributed by atoms with Gasteiger partial charge in [0.1, 0.15) is 10.7 Å². The van der Waals surface area contributed by atoms with Crippen molar-refractivity contribution in [3.05, 3.63) is 39.1 Å². The van der Waals surface area contributed by atoms with Crippen LogP contribution in [0.3, 0.4) is 0 Å². The fourth-order valence-corrected chi connectivity index (χ4v) is 4.30. The molecule has 0 radical (unpaired) electrons. The van der Waals surface area contributed by atoms with E-state index in [-0.39, 0.29) is 18.5 Å². The van der Waals surface area contributed by atoms with Crippen molar-refractivity contribution in [3.63, 3.8) is 0 Å². The number of aromatic nitrogens is 2. The van der Waals surface area contributed by atoms with Crippen LogP contribution in [0.25, 0.3) is 20.7 Å². The first-order valence-electron chi connectivity index (χ1n) is 7.38. The van der Waals surface area contributed by atoms with Crippen molar-refractivity contribution in [3.8, 4) is 10.4 Å². The summed E-state index contributed by atoms with van der Waals surface area (Å²) in [6.45, 7) is 2.18. The van der Waals surface area contributed by atoms with Gasteiger partial charge >= 0.3 is 5.97 Å². The molecule has 1 N–H and O–H groups in total. The van der Waals surface area contributed by atoms with Gasteiger partial charge < -0.3 is 5.11 Å². The first kappa shape index (κ1) is 15.9. The van der Waals surface area contributed by atoms with Crippen molar-refractivity contribution < 1.29 is 9.90 Å². The van der Waals surface area contributed by atoms with Crippen molar-refractivity contribution in [1.29, 1.82) is 0 Å². The minimum atomic E-state index is -0.914. The van der Waals surface area contributed by atoms with Crippen LogP contribution in [0.2, 0.25) is 0 Å². The summed E-state index contributed by atoms with van der Waals surface area (Å²) in [4.78, 5) is 30.2. The van der Waals surface area contributed by atoms with Crippen molar-refractivity contribution in [2.24, 2.45) is 0 Å². The minimum absolute atomic E-state index is 0.0811. The lowest BCUT2D eigenvalue weighted by molar-refractivity contribution is -0.137. The Kier molecular flexibility index (Phi) is 4.58. The maximum atomic E-state index is 13.0. The van der Waals surface area contributed by atoms with E-state index < -0.39 is 5.97 Å². The zero-order valence-corrected chi connectivity index (χ0v) is 14.2. The summed E-state index contributed by atoms with van der Waals surface area (Å²) in [5, 5.41) is 13.5. The third kappa shape index (κ3) is 3.07. The third-order valence-corrected chi connectivity index (χ3v) is 5.36. The van der Waals surface area contributed by atoms with Gasteiger partial charge in [-0.15, -0.1) is 22.7 Å². The van der Waals surface area contributed by atoms with Gasteiger partial charge in [0.25, 0.3) is 5.56 Å². The molecule has 0 aliphatic carbocycles. The average molecular weight is 348 g/mol. The molecule has 0 bridgehead atoms. The molecule has 0 saturated carbocycles. The van der Waals surface area contributed by atoms with Crippen LogP contribution >= 0.6 is 22.7 Å². The van der Waals surface area contributed by atoms with Crippen molar-refractivity contribution in [2.45, 2.75) is 32.7 Å². The number of carboxylic acid groups (broad SMARTS) is 1. The lowest BCUT2D eigenvalue weighted by Gasteiger charge is -2.11. The Balaban J connectivity index is 2.20. The lowest BCUT2D eigenvalue weighted by Crippen LogP contribution is -2.26. The molecule has 0 atom stereocenters. The summed E-state index contributed by atoms with van der Waals surface area (Å²) in [5.41, 5.74) is 0.758. The first-order chi connectivity index (χ1) is 11.1. The van der Waals surface area contributed by atoms with E-state index in [1.54, 1.807) is 11.3 Å². The summed E-state index contributed by atoms with van der Waals surface area (Å²) in [6.07, 6.45) is 1.44. The highest BCUT2D eigenvalue weighted by molar-refractivity contribution is 7.18. The predicted octanol–water partition coefficient (Wildman–Crippen LogP) is 3.61. The molecular weight excluding hydrogens is 332 g/mol. The van der Waals surface area contributed by atoms with Gasteiger partial charge in [0.2, 0.25) is 0 Å². The lowest BCUT2D eigenvalue weighted by atomic mass is 10.2. The van der Waals surface area contributed by atoms with Crippen LogP contribution < -0.4 is 5.56 Å². The molecule has 0 amide bonds. The number of fused-ring (bicyclic) bond motifs is 1. The molecule has 0 aliphatic heterocycles. The average Bonchev–Trinajstić information content (AvgIpc) is 3.15. The van der Waals surface area contributed by atoms with Crippen LogP contribution in [0.5, 0.6) is 0 Å². The Labute approximate surface area is 140 Å². The molecule has 0 aromatic carbocycles. The van der Waals surface area contributed by atoms with E-state index in [1.807, 2.05) is 29.8 Å². The van der Waals surface area contributed by atoms with Crippen LogP contribution in [0.1, 0.15) is 25.6 Å². The quantitative estimate of drug-likeness (QED) is 0.738. The molecule has 3 rings (SSSR count). The molecule has 0 aliphatic rings. The maximum absolute atomic E-state index is 13.0. The highest BCUT2D eigenvalue weighted by Crippen LogP contribution is 2.33. The highest BCUT2D eigenvalue weighted by Gasteiger charge is 2.17. The third-order valence-electron chi connectivity index (χ3n) is 3.58. The first-order valence-corrected chi connectivity index (χ1v) is 9.14. The number of thiophene rings is 2. The Morgan fingerprint density at radius 2 is 2.22 bits per heavy atom. The predicted molar refractivity (Wildman–Crippen MR) is 93.4 cm³/mol. The second kappa shape index (κ2) is 6.64. The largest absolute Gasteiger partial charge is 0.481 e. The van der Waals surface area contributed by atoms with E-state index in [4.69, 9.17) is 5.11 Å². The molecule has 120 valence electrons. The van der Waals surface area contributed by atoms with E-state index in [0.29, 0.717) is 17.6 Å². The van der Waals surface area contributed by atoms with Crippen molar-refractivity contribution in [1.82, 2.24) is 9.55 Å². The maximum Gasteiger partial charge on any atom is 0.305 e. The Morgan fingerprint density at radius 1 is 1.39 bits per heavy atom. The van der Waals surface area contributed by atoms with Gasteiger partial charge in [-0.2, -0.15) is 0 Å². The molecule has 23 heavy (non-hydrogen) atoms. The summed E-state index contributed by atoms with van der Waals surface area (Å²) < 4.78 is 1.53. The summed E-state index contributed by atoms with van der Waals surface area (Å²) in [7, 11) is 0. The zero-order valence-electron chi connectivity index (χ0n) is 12.6. The van der Waals surface area contributed by atoms with Crippen molar-refractivity contribution in [2.75, 3.05) is 0 Å². The summed E-state index contributed by atoms with van der Waals surface area (Å²) in [6, 6.07) is 3.93. The number of carbonyl (C=O) groups is 1. The van der Waals surface area contributed by atoms with E-state index in [2.05, 4.69) is 4.98 Å². The number of hydrogen-bond donors (Lipinski definition) is 1. The van der Waals surface area contributed by atoms with Gasteiger partial charge in [0, 0.05) is 28.8 Å². The number of aliphatic carboxylic acids is 1. The second-order valence-electron chi connectivity index (χ2n) is 5.19. The molecule has 3 aromatic rings. The Hall–Kier alpha value is -1.99. The molecule has 0 saturated heterocycles. The number of hydrogen-bond acceptors (Lipinski definition) is 5. The summed E-state index contributed by atoms with van der Waals surface area (Å²) in [5.74, 6) is -0.242. The fourth-order valence-electron chi connectivity index (χ4n) is 2.53. The van der Waals surface area contributed by atoms with E-state index in [0.717, 1.165) is 21.7 Å². The monoisotopic (exact) mass is 348 g/mol. The van der Waals surface area contributed by atoms with Crippen LogP contribution in [0.4, 0.5) is 0 Å². The Morgan fingerprint density at radius 3 is 2.87 bits per heavy atom. The number of nitrogens with zero attached hydrogens (tertiary/aromatic N) is 2. The summed E-state index contributed by atoms with van der Waals surface area (Å²) >= 11 is 3.04. The number of rotatable bonds is 6. The fraction of sp³-hybridized carbons (Fsp3) is 0.312. The van der Waals surface area contributed by atoms with E-state index in [1.165, 1.54) is 15.9 Å². The topological polar surface area (TPSA) is 72.2 Å². The highest BCUT2D eigenvalue weighted by atomic mass is 32.1. The molecule has 0 unspecified atom stereocenters. The van der Waals surface area contributed by atoms with Crippen LogP contribution in [0.15, 0.2) is 27.7 Å². The molecular formula is C16H16N2O3S2. The molecule has 0 fully saturated rings. The van der Waals surface area contributed by atoms with Crippen LogP contribution in [-0.2, 0) is 17.8 Å². The molecule has 3 heterocycles. The van der Waals surface area contributed by atoms with Gasteiger partial charge in [-0.05, 0) is 17.9 Å². The van der Waals surface area contributed by atoms with Gasteiger partial charge in [0.05, 0.1) is 11.8 Å². The van der Waals surface area contributed by atoms with Crippen LogP contribution in [0, 0.1) is 0 Å². The molecule has 7 heteroatoms. The smallest absolute Gasteiger partial charge is 0.305 e. The Bertz CT molecular complexity index is 894. The molecule has 3 aromatic heterocycles. The minimum Gasteiger partial charge on any atom is -0.481 e. The van der Waals surface area contributed by atoms with E-state index >= 15 is 0 Å². The van der Waals surface area contributed by atoms with E-state index in [9.17, 15) is 9.59 Å².